The molecule has 0 bridgehead atoms. The van der Waals surface area contributed by atoms with Crippen molar-refractivity contribution in [2.24, 2.45) is 0 Å². The van der Waals surface area contributed by atoms with Gasteiger partial charge in [0.05, 0.1) is 13.5 Å². The van der Waals surface area contributed by atoms with Crippen LogP contribution in [0.1, 0.15) is 15.9 Å². The second-order valence-electron chi connectivity index (χ2n) is 5.35. The number of nitrogens with one attached hydrogen (secondary N) is 1. The molecule has 5 heteroatoms. The van der Waals surface area contributed by atoms with Crippen LogP contribution in [0.3, 0.4) is 0 Å². The Labute approximate surface area is 135 Å². The summed E-state index contributed by atoms with van der Waals surface area (Å²) in [6.45, 7) is 0. The van der Waals surface area contributed by atoms with Crippen molar-refractivity contribution in [3.63, 3.8) is 0 Å². The van der Waals surface area contributed by atoms with Crippen molar-refractivity contribution in [3.05, 3.63) is 59.7 Å². The minimum Gasteiger partial charge on any atom is -0.497 e. The quantitative estimate of drug-likeness (QED) is 0.923. The monoisotopic (exact) mass is 312 g/mol. The SMILES string of the molecule is COc1cccc(CC(=O)Nc2ccc(C(=O)N(C)C)cc2)c1. The van der Waals surface area contributed by atoms with Crippen molar-refractivity contribution < 1.29 is 14.3 Å². The van der Waals surface area contributed by atoms with Gasteiger partial charge in [0.2, 0.25) is 5.91 Å². The molecule has 0 aromatic heterocycles. The Bertz CT molecular complexity index is 694. The summed E-state index contributed by atoms with van der Waals surface area (Å²) in [5, 5.41) is 2.82. The number of carbonyl (C=O) groups is 2. The molecule has 0 heterocycles. The van der Waals surface area contributed by atoms with Crippen molar-refractivity contribution in [1.29, 1.82) is 0 Å². The van der Waals surface area contributed by atoms with Crippen LogP contribution < -0.4 is 10.1 Å². The number of rotatable bonds is 5. The van der Waals surface area contributed by atoms with E-state index in [0.29, 0.717) is 11.3 Å². The molecule has 0 saturated heterocycles. The fourth-order valence-electron chi connectivity index (χ4n) is 2.13. The molecular formula is C18H20N2O3. The van der Waals surface area contributed by atoms with E-state index in [2.05, 4.69) is 5.32 Å². The lowest BCUT2D eigenvalue weighted by molar-refractivity contribution is -0.115. The van der Waals surface area contributed by atoms with E-state index in [1.165, 1.54) is 4.90 Å². The molecule has 0 spiro atoms. The lowest BCUT2D eigenvalue weighted by atomic mass is 10.1. The largest absolute Gasteiger partial charge is 0.497 e. The summed E-state index contributed by atoms with van der Waals surface area (Å²) in [5.74, 6) is 0.533. The summed E-state index contributed by atoms with van der Waals surface area (Å²) in [6.07, 6.45) is 0.260. The van der Waals surface area contributed by atoms with E-state index in [-0.39, 0.29) is 18.2 Å². The van der Waals surface area contributed by atoms with Crippen LogP contribution in [0.2, 0.25) is 0 Å². The molecular weight excluding hydrogens is 292 g/mol. The normalized spacial score (nSPS) is 10.0. The number of hydrogen-bond donors (Lipinski definition) is 1. The van der Waals surface area contributed by atoms with Crippen molar-refractivity contribution in [3.8, 4) is 5.75 Å². The molecule has 0 saturated carbocycles. The summed E-state index contributed by atoms with van der Waals surface area (Å²) in [5.41, 5.74) is 2.12. The van der Waals surface area contributed by atoms with Crippen LogP contribution in [0.25, 0.3) is 0 Å². The van der Waals surface area contributed by atoms with Gasteiger partial charge in [-0.1, -0.05) is 12.1 Å². The molecule has 2 amide bonds. The van der Waals surface area contributed by atoms with Crippen molar-refractivity contribution >= 4 is 17.5 Å². The van der Waals surface area contributed by atoms with Gasteiger partial charge in [-0.2, -0.15) is 0 Å². The molecule has 23 heavy (non-hydrogen) atoms. The number of nitrogens with zero attached hydrogens (tertiary/aromatic N) is 1. The third-order valence-electron chi connectivity index (χ3n) is 3.32. The van der Waals surface area contributed by atoms with Gasteiger partial charge in [0.15, 0.2) is 0 Å². The van der Waals surface area contributed by atoms with Crippen LogP contribution in [0.4, 0.5) is 5.69 Å². The molecule has 0 aliphatic rings. The van der Waals surface area contributed by atoms with Gasteiger partial charge < -0.3 is 15.0 Å². The molecule has 2 rings (SSSR count). The molecule has 120 valence electrons. The van der Waals surface area contributed by atoms with Gasteiger partial charge in [0.1, 0.15) is 5.75 Å². The highest BCUT2D eigenvalue weighted by Crippen LogP contribution is 2.15. The van der Waals surface area contributed by atoms with Crippen LogP contribution in [0, 0.1) is 0 Å². The molecule has 0 unspecified atom stereocenters. The Morgan fingerprint density at radius 1 is 1.09 bits per heavy atom. The number of amides is 2. The van der Waals surface area contributed by atoms with Gasteiger partial charge in [-0.15, -0.1) is 0 Å². The van der Waals surface area contributed by atoms with Crippen LogP contribution in [0.5, 0.6) is 5.75 Å². The van der Waals surface area contributed by atoms with Gasteiger partial charge >= 0.3 is 0 Å². The number of benzene rings is 2. The summed E-state index contributed by atoms with van der Waals surface area (Å²) < 4.78 is 5.14. The maximum absolute atomic E-state index is 12.1. The second kappa shape index (κ2) is 7.45. The Balaban J connectivity index is 1.98. The third-order valence-corrected chi connectivity index (χ3v) is 3.32. The lowest BCUT2D eigenvalue weighted by Crippen LogP contribution is -2.21. The topological polar surface area (TPSA) is 58.6 Å². The van der Waals surface area contributed by atoms with Crippen LogP contribution in [-0.2, 0) is 11.2 Å². The predicted molar refractivity (Wildman–Crippen MR) is 89.8 cm³/mol. The van der Waals surface area contributed by atoms with E-state index in [4.69, 9.17) is 4.74 Å². The second-order valence-corrected chi connectivity index (χ2v) is 5.35. The van der Waals surface area contributed by atoms with Crippen LogP contribution in [-0.4, -0.2) is 37.9 Å². The predicted octanol–water partition coefficient (Wildman–Crippen LogP) is 2.58. The molecule has 2 aromatic carbocycles. The Morgan fingerprint density at radius 3 is 2.39 bits per heavy atom. The average molecular weight is 312 g/mol. The van der Waals surface area contributed by atoms with Crippen LogP contribution >= 0.6 is 0 Å². The van der Waals surface area contributed by atoms with Gasteiger partial charge in [0, 0.05) is 25.3 Å². The highest BCUT2D eigenvalue weighted by molar-refractivity contribution is 5.96. The van der Waals surface area contributed by atoms with Gasteiger partial charge in [-0.25, -0.2) is 0 Å². The van der Waals surface area contributed by atoms with Crippen LogP contribution in [0.15, 0.2) is 48.5 Å². The smallest absolute Gasteiger partial charge is 0.253 e. The molecule has 0 aliphatic heterocycles. The zero-order chi connectivity index (χ0) is 16.8. The number of anilines is 1. The molecule has 0 fully saturated rings. The van der Waals surface area contributed by atoms with E-state index < -0.39 is 0 Å². The standard InChI is InChI=1S/C18H20N2O3/c1-20(2)18(22)14-7-9-15(10-8-14)19-17(21)12-13-5-4-6-16(11-13)23-3/h4-11H,12H2,1-3H3,(H,19,21). The zero-order valence-electron chi connectivity index (χ0n) is 13.5. The van der Waals surface area contributed by atoms with E-state index in [1.807, 2.05) is 24.3 Å². The van der Waals surface area contributed by atoms with E-state index in [1.54, 1.807) is 45.5 Å². The zero-order valence-corrected chi connectivity index (χ0v) is 13.5. The molecule has 0 aliphatic carbocycles. The number of ether oxygens (including phenoxy) is 1. The number of carbonyl (C=O) groups excluding carboxylic acids is 2. The summed E-state index contributed by atoms with van der Waals surface area (Å²) in [7, 11) is 4.99. The Morgan fingerprint density at radius 2 is 1.78 bits per heavy atom. The Kier molecular flexibility index (Phi) is 5.36. The first kappa shape index (κ1) is 16.5. The van der Waals surface area contributed by atoms with E-state index >= 15 is 0 Å². The fourth-order valence-corrected chi connectivity index (χ4v) is 2.13. The first-order valence-corrected chi connectivity index (χ1v) is 7.24. The maximum atomic E-state index is 12.1. The van der Waals surface area contributed by atoms with Crippen molar-refractivity contribution in [1.82, 2.24) is 4.90 Å². The summed E-state index contributed by atoms with van der Waals surface area (Å²) >= 11 is 0. The highest BCUT2D eigenvalue weighted by Gasteiger charge is 2.09. The van der Waals surface area contributed by atoms with Crippen molar-refractivity contribution in [2.75, 3.05) is 26.5 Å². The minimum absolute atomic E-state index is 0.0701. The average Bonchev–Trinajstić information content (AvgIpc) is 2.54. The van der Waals surface area contributed by atoms with Gasteiger partial charge in [0.25, 0.3) is 5.91 Å². The third kappa shape index (κ3) is 4.57. The maximum Gasteiger partial charge on any atom is 0.253 e. The summed E-state index contributed by atoms with van der Waals surface area (Å²) in [4.78, 5) is 25.4. The number of methoxy groups -OCH3 is 1. The minimum atomic E-state index is -0.120. The first-order valence-electron chi connectivity index (χ1n) is 7.24. The fraction of sp³-hybridized carbons (Fsp3) is 0.222. The van der Waals surface area contributed by atoms with E-state index in [0.717, 1.165) is 11.3 Å². The molecule has 2 aromatic rings. The summed E-state index contributed by atoms with van der Waals surface area (Å²) in [6, 6.07) is 14.2. The van der Waals surface area contributed by atoms with Gasteiger partial charge in [-0.3, -0.25) is 9.59 Å². The van der Waals surface area contributed by atoms with Gasteiger partial charge in [-0.05, 0) is 42.0 Å². The lowest BCUT2D eigenvalue weighted by Gasteiger charge is -2.11. The first-order chi connectivity index (χ1) is 11.0. The molecule has 0 atom stereocenters. The highest BCUT2D eigenvalue weighted by atomic mass is 16.5. The molecule has 0 radical (unpaired) electrons. The molecule has 1 N–H and O–H groups in total. The van der Waals surface area contributed by atoms with Crippen molar-refractivity contribution in [2.45, 2.75) is 6.42 Å². The molecule has 5 nitrogen and oxygen atoms in total. The Hall–Kier alpha value is -2.82. The number of hydrogen-bond acceptors (Lipinski definition) is 3. The van der Waals surface area contributed by atoms with E-state index in [9.17, 15) is 9.59 Å².